The van der Waals surface area contributed by atoms with Gasteiger partial charge in [-0.3, -0.25) is 14.4 Å². The van der Waals surface area contributed by atoms with Crippen molar-refractivity contribution in [1.29, 1.82) is 0 Å². The Bertz CT molecular complexity index is 851. The molecule has 0 spiro atoms. The lowest BCUT2D eigenvalue weighted by molar-refractivity contribution is -0.132. The van der Waals surface area contributed by atoms with Crippen LogP contribution in [0.4, 0.5) is 0 Å². The minimum atomic E-state index is -1.56. The van der Waals surface area contributed by atoms with Gasteiger partial charge in [-0.25, -0.2) is 0 Å². The molecule has 0 saturated carbocycles. The fraction of sp³-hybridized carbons (Fsp3) is 0.286. The second kappa shape index (κ2) is 11.7. The van der Waals surface area contributed by atoms with E-state index in [2.05, 4.69) is 10.6 Å². The van der Waals surface area contributed by atoms with Gasteiger partial charge in [0.25, 0.3) is 11.8 Å². The van der Waals surface area contributed by atoms with Gasteiger partial charge in [0.15, 0.2) is 11.8 Å². The maximum absolute atomic E-state index is 12.4. The third kappa shape index (κ3) is 6.38. The van der Waals surface area contributed by atoms with Gasteiger partial charge >= 0.3 is 0 Å². The first-order valence-electron chi connectivity index (χ1n) is 9.27. The monoisotopic (exact) mass is 416 g/mol. The van der Waals surface area contributed by atoms with E-state index in [0.29, 0.717) is 5.75 Å². The van der Waals surface area contributed by atoms with Crippen LogP contribution in [-0.2, 0) is 9.59 Å². The quantitative estimate of drug-likeness (QED) is 0.310. The van der Waals surface area contributed by atoms with Gasteiger partial charge in [0.1, 0.15) is 19.0 Å². The summed E-state index contributed by atoms with van der Waals surface area (Å²) in [4.78, 5) is 36.2. The third-order valence-corrected chi connectivity index (χ3v) is 4.12. The Morgan fingerprint density at radius 1 is 0.867 bits per heavy atom. The number of carbonyl (C=O) groups excluding carboxylic acids is 3. The van der Waals surface area contributed by atoms with Crippen LogP contribution in [0, 0.1) is 0 Å². The summed E-state index contributed by atoms with van der Waals surface area (Å²) in [6.45, 7) is -1.17. The molecule has 2 rings (SSSR count). The number of amides is 2. The highest BCUT2D eigenvalue weighted by atomic mass is 16.5. The summed E-state index contributed by atoms with van der Waals surface area (Å²) < 4.78 is 5.31. The smallest absolute Gasteiger partial charge is 0.252 e. The number of nitrogens with one attached hydrogen (secondary N) is 2. The molecule has 0 aliphatic rings. The number of rotatable bonds is 11. The van der Waals surface area contributed by atoms with Crippen molar-refractivity contribution >= 4 is 17.6 Å². The lowest BCUT2D eigenvalue weighted by atomic mass is 10.0. The fourth-order valence-electron chi connectivity index (χ4n) is 2.60. The molecule has 5 N–H and O–H groups in total. The highest BCUT2D eigenvalue weighted by Gasteiger charge is 2.27. The maximum Gasteiger partial charge on any atom is 0.252 e. The van der Waals surface area contributed by atoms with Crippen LogP contribution >= 0.6 is 0 Å². The molecule has 0 saturated heterocycles. The highest BCUT2D eigenvalue weighted by molar-refractivity contribution is 6.10. The van der Waals surface area contributed by atoms with Crippen LogP contribution in [0.3, 0.4) is 0 Å². The van der Waals surface area contributed by atoms with E-state index in [9.17, 15) is 14.4 Å². The molecule has 9 heteroatoms. The van der Waals surface area contributed by atoms with E-state index in [1.165, 1.54) is 0 Å². The summed E-state index contributed by atoms with van der Waals surface area (Å²) in [5.41, 5.74) is 1.95. The van der Waals surface area contributed by atoms with Crippen LogP contribution < -0.4 is 15.4 Å². The van der Waals surface area contributed by atoms with Gasteiger partial charge in [-0.1, -0.05) is 24.3 Å². The van der Waals surface area contributed by atoms with E-state index in [-0.39, 0.29) is 31.9 Å². The number of benzene rings is 2. The van der Waals surface area contributed by atoms with Gasteiger partial charge in [-0.2, -0.15) is 0 Å². The Morgan fingerprint density at radius 2 is 1.47 bits per heavy atom. The predicted octanol–water partition coefficient (Wildman–Crippen LogP) is -0.507. The van der Waals surface area contributed by atoms with Crippen LogP contribution in [0.15, 0.2) is 48.5 Å². The Kier molecular flexibility index (Phi) is 8.95. The van der Waals surface area contributed by atoms with Crippen molar-refractivity contribution in [3.05, 3.63) is 54.1 Å². The second-order valence-electron chi connectivity index (χ2n) is 6.22. The zero-order chi connectivity index (χ0) is 21.9. The average molecular weight is 416 g/mol. The van der Waals surface area contributed by atoms with E-state index in [1.54, 1.807) is 36.4 Å². The summed E-state index contributed by atoms with van der Waals surface area (Å²) in [6.07, 6.45) is 0. The summed E-state index contributed by atoms with van der Waals surface area (Å²) in [6, 6.07) is 12.2. The van der Waals surface area contributed by atoms with Crippen LogP contribution in [0.25, 0.3) is 11.1 Å². The topological polar surface area (TPSA) is 145 Å². The van der Waals surface area contributed by atoms with E-state index >= 15 is 0 Å². The zero-order valence-electron chi connectivity index (χ0n) is 16.2. The van der Waals surface area contributed by atoms with Crippen LogP contribution in [0.5, 0.6) is 5.75 Å². The average Bonchev–Trinajstić information content (AvgIpc) is 2.79. The number of ether oxygens (including phenoxy) is 1. The first-order chi connectivity index (χ1) is 14.5. The van der Waals surface area contributed by atoms with Crippen molar-refractivity contribution in [2.75, 3.05) is 33.0 Å². The lowest BCUT2D eigenvalue weighted by Crippen LogP contribution is -2.52. The van der Waals surface area contributed by atoms with Crippen molar-refractivity contribution in [2.45, 2.75) is 6.04 Å². The van der Waals surface area contributed by atoms with Gasteiger partial charge in [0.2, 0.25) is 0 Å². The molecule has 1 unspecified atom stereocenters. The molecule has 0 aliphatic carbocycles. The Morgan fingerprint density at radius 3 is 2.00 bits per heavy atom. The standard InChI is InChI=1S/C21H24N2O7/c24-10-9-22-21(29)19(18(27)13-26)23-20(28)16-3-1-14(2-4-16)15-5-7-17(8-6-15)30-12-11-25/h1-8,19,24-26H,9-13H2,(H,22,29)(H,23,28). The van der Waals surface area contributed by atoms with Gasteiger partial charge < -0.3 is 30.7 Å². The summed E-state index contributed by atoms with van der Waals surface area (Å²) in [7, 11) is 0. The van der Waals surface area contributed by atoms with Gasteiger partial charge in [0, 0.05) is 12.1 Å². The predicted molar refractivity (Wildman–Crippen MR) is 108 cm³/mol. The van der Waals surface area contributed by atoms with Gasteiger partial charge in [-0.15, -0.1) is 0 Å². The molecule has 0 aliphatic heterocycles. The molecule has 2 amide bonds. The molecule has 9 nitrogen and oxygen atoms in total. The summed E-state index contributed by atoms with van der Waals surface area (Å²) in [5, 5.41) is 31.2. The molecule has 0 aromatic heterocycles. The first-order valence-corrected chi connectivity index (χ1v) is 9.27. The number of hydrogen-bond donors (Lipinski definition) is 5. The first kappa shape index (κ1) is 23.0. The van der Waals surface area contributed by atoms with Crippen molar-refractivity contribution in [1.82, 2.24) is 10.6 Å². The fourth-order valence-corrected chi connectivity index (χ4v) is 2.60. The zero-order valence-corrected chi connectivity index (χ0v) is 16.2. The molecule has 2 aromatic rings. The molecule has 0 bridgehead atoms. The minimum absolute atomic E-state index is 0.0703. The Hall–Kier alpha value is -3.27. The number of aliphatic hydroxyl groups excluding tert-OH is 3. The highest BCUT2D eigenvalue weighted by Crippen LogP contribution is 2.23. The molecule has 30 heavy (non-hydrogen) atoms. The Balaban J connectivity index is 2.07. The largest absolute Gasteiger partial charge is 0.491 e. The SMILES string of the molecule is O=C(NC(C(=O)CO)C(=O)NCCO)c1ccc(-c2ccc(OCCO)cc2)cc1. The molecule has 2 aromatic carbocycles. The summed E-state index contributed by atoms with van der Waals surface area (Å²) >= 11 is 0. The second-order valence-corrected chi connectivity index (χ2v) is 6.22. The van der Waals surface area contributed by atoms with Crippen molar-refractivity contribution in [3.63, 3.8) is 0 Å². The van der Waals surface area contributed by atoms with E-state index < -0.39 is 30.2 Å². The van der Waals surface area contributed by atoms with Gasteiger partial charge in [-0.05, 0) is 35.4 Å². The molecule has 0 heterocycles. The third-order valence-electron chi connectivity index (χ3n) is 4.12. The summed E-state index contributed by atoms with van der Waals surface area (Å²) in [5.74, 6) is -1.70. The van der Waals surface area contributed by atoms with Gasteiger partial charge in [0.05, 0.1) is 13.2 Å². The maximum atomic E-state index is 12.4. The van der Waals surface area contributed by atoms with Crippen molar-refractivity contribution in [2.24, 2.45) is 0 Å². The molecular formula is C21H24N2O7. The number of hydrogen-bond acceptors (Lipinski definition) is 7. The van der Waals surface area contributed by atoms with Crippen LogP contribution in [-0.4, -0.2) is 71.9 Å². The van der Waals surface area contributed by atoms with E-state index in [4.69, 9.17) is 20.1 Å². The van der Waals surface area contributed by atoms with E-state index in [1.807, 2.05) is 12.1 Å². The normalized spacial score (nSPS) is 11.4. The van der Waals surface area contributed by atoms with Crippen molar-refractivity contribution < 1.29 is 34.4 Å². The molecular weight excluding hydrogens is 392 g/mol. The number of Topliss-reactive ketones (excluding diaryl/α,β-unsaturated/α-hetero) is 1. The number of aliphatic hydroxyl groups is 3. The minimum Gasteiger partial charge on any atom is -0.491 e. The molecule has 1 atom stereocenters. The Labute approximate surface area is 173 Å². The molecule has 0 fully saturated rings. The van der Waals surface area contributed by atoms with Crippen LogP contribution in [0.1, 0.15) is 10.4 Å². The number of carbonyl (C=O) groups is 3. The van der Waals surface area contributed by atoms with Crippen LogP contribution in [0.2, 0.25) is 0 Å². The van der Waals surface area contributed by atoms with Crippen molar-refractivity contribution in [3.8, 4) is 16.9 Å². The van der Waals surface area contributed by atoms with E-state index in [0.717, 1.165) is 11.1 Å². The molecule has 0 radical (unpaired) electrons. The lowest BCUT2D eigenvalue weighted by Gasteiger charge is -2.16. The number of ketones is 1. The molecule has 160 valence electrons.